The highest BCUT2D eigenvalue weighted by Crippen LogP contribution is 2.33. The fraction of sp³-hybridized carbons (Fsp3) is 0.533. The van der Waals surface area contributed by atoms with E-state index >= 15 is 0 Å². The predicted octanol–water partition coefficient (Wildman–Crippen LogP) is 3.32. The molecule has 0 radical (unpaired) electrons. The summed E-state index contributed by atoms with van der Waals surface area (Å²) in [5.41, 5.74) is 9.66. The number of carbonyl (C=O) groups is 1. The van der Waals surface area contributed by atoms with Gasteiger partial charge in [-0.15, -0.1) is 12.4 Å². The molecule has 1 aliphatic carbocycles. The summed E-state index contributed by atoms with van der Waals surface area (Å²) in [7, 11) is 0. The minimum atomic E-state index is -0.459. The zero-order valence-corrected chi connectivity index (χ0v) is 12.8. The maximum absolute atomic E-state index is 12.1. The molecule has 0 aromatic heterocycles. The van der Waals surface area contributed by atoms with Gasteiger partial charge in [-0.05, 0) is 63.3 Å². The molecule has 1 aliphatic rings. The highest BCUT2D eigenvalue weighted by Gasteiger charge is 2.25. The van der Waals surface area contributed by atoms with Gasteiger partial charge in [0.25, 0.3) is 0 Å². The van der Waals surface area contributed by atoms with Crippen molar-refractivity contribution in [3.8, 4) is 0 Å². The standard InChI is InChI=1S/C15H21NO2.ClH/c1-9-10-7-8-13(16)12(10)6-5-11(9)14(17)18-15(2,3)4;/h5-6,13H,7-8,16H2,1-4H3;1H. The van der Waals surface area contributed by atoms with E-state index in [1.165, 1.54) is 11.1 Å². The first-order valence-corrected chi connectivity index (χ1v) is 6.41. The van der Waals surface area contributed by atoms with Crippen molar-refractivity contribution in [2.24, 2.45) is 5.73 Å². The van der Waals surface area contributed by atoms with E-state index in [9.17, 15) is 4.79 Å². The second kappa shape index (κ2) is 5.51. The Kier molecular flexibility index (Phi) is 4.64. The summed E-state index contributed by atoms with van der Waals surface area (Å²) in [6.45, 7) is 7.62. The molecule has 0 spiro atoms. The van der Waals surface area contributed by atoms with Gasteiger partial charge in [0.2, 0.25) is 0 Å². The van der Waals surface area contributed by atoms with Crippen LogP contribution < -0.4 is 5.73 Å². The molecule has 0 bridgehead atoms. The van der Waals surface area contributed by atoms with Crippen LogP contribution in [0.1, 0.15) is 60.3 Å². The van der Waals surface area contributed by atoms with Gasteiger partial charge >= 0.3 is 5.97 Å². The van der Waals surface area contributed by atoms with Gasteiger partial charge in [0.15, 0.2) is 0 Å². The Bertz CT molecular complexity index is 492. The van der Waals surface area contributed by atoms with Crippen LogP contribution in [0.5, 0.6) is 0 Å². The highest BCUT2D eigenvalue weighted by molar-refractivity contribution is 5.92. The molecule has 1 aromatic rings. The molecular formula is C15H22ClNO2. The van der Waals surface area contributed by atoms with E-state index in [2.05, 4.69) is 0 Å². The van der Waals surface area contributed by atoms with Crippen molar-refractivity contribution in [1.82, 2.24) is 0 Å². The van der Waals surface area contributed by atoms with Crippen molar-refractivity contribution in [1.29, 1.82) is 0 Å². The number of ether oxygens (including phenoxy) is 1. The summed E-state index contributed by atoms with van der Waals surface area (Å²) in [4.78, 5) is 12.1. The van der Waals surface area contributed by atoms with Gasteiger partial charge in [0, 0.05) is 6.04 Å². The number of halogens is 1. The highest BCUT2D eigenvalue weighted by atomic mass is 35.5. The van der Waals surface area contributed by atoms with Crippen molar-refractivity contribution in [3.05, 3.63) is 34.4 Å². The normalized spacial score (nSPS) is 17.6. The minimum absolute atomic E-state index is 0. The van der Waals surface area contributed by atoms with Gasteiger partial charge in [-0.25, -0.2) is 4.79 Å². The van der Waals surface area contributed by atoms with Gasteiger partial charge in [0.1, 0.15) is 5.60 Å². The SMILES string of the molecule is Cc1c(C(=O)OC(C)(C)C)ccc2c1CCC2N.Cl. The molecule has 1 unspecified atom stereocenters. The van der Waals surface area contributed by atoms with Crippen LogP contribution in [0.4, 0.5) is 0 Å². The summed E-state index contributed by atoms with van der Waals surface area (Å²) < 4.78 is 5.42. The third-order valence-electron chi connectivity index (χ3n) is 3.36. The van der Waals surface area contributed by atoms with E-state index < -0.39 is 5.60 Å². The first-order chi connectivity index (χ1) is 8.29. The first kappa shape index (κ1) is 16.0. The molecular weight excluding hydrogens is 262 g/mol. The predicted molar refractivity (Wildman–Crippen MR) is 78.8 cm³/mol. The lowest BCUT2D eigenvalue weighted by molar-refractivity contribution is 0.00686. The molecule has 0 aliphatic heterocycles. The van der Waals surface area contributed by atoms with E-state index in [0.717, 1.165) is 18.4 Å². The lowest BCUT2D eigenvalue weighted by atomic mass is 9.98. The Labute approximate surface area is 120 Å². The summed E-state index contributed by atoms with van der Waals surface area (Å²) >= 11 is 0. The summed E-state index contributed by atoms with van der Waals surface area (Å²) in [6.07, 6.45) is 1.92. The molecule has 1 atom stereocenters. The van der Waals surface area contributed by atoms with E-state index in [4.69, 9.17) is 10.5 Å². The van der Waals surface area contributed by atoms with Crippen molar-refractivity contribution in [2.45, 2.75) is 52.2 Å². The molecule has 1 aromatic carbocycles. The quantitative estimate of drug-likeness (QED) is 0.805. The molecule has 0 saturated carbocycles. The number of esters is 1. The second-order valence-electron chi connectivity index (χ2n) is 5.95. The van der Waals surface area contributed by atoms with Crippen molar-refractivity contribution in [2.75, 3.05) is 0 Å². The minimum Gasteiger partial charge on any atom is -0.456 e. The number of nitrogens with two attached hydrogens (primary N) is 1. The summed E-state index contributed by atoms with van der Waals surface area (Å²) in [5, 5.41) is 0. The van der Waals surface area contributed by atoms with Crippen LogP contribution in [0.25, 0.3) is 0 Å². The van der Waals surface area contributed by atoms with Crippen LogP contribution in [0.15, 0.2) is 12.1 Å². The Balaban J connectivity index is 0.00000180. The number of hydrogen-bond donors (Lipinski definition) is 1. The van der Waals surface area contributed by atoms with Crippen molar-refractivity contribution < 1.29 is 9.53 Å². The smallest absolute Gasteiger partial charge is 0.338 e. The fourth-order valence-electron chi connectivity index (χ4n) is 2.47. The molecule has 2 N–H and O–H groups in total. The molecule has 0 amide bonds. The van der Waals surface area contributed by atoms with Crippen LogP contribution in [0, 0.1) is 6.92 Å². The summed E-state index contributed by atoms with van der Waals surface area (Å²) in [5.74, 6) is -0.247. The van der Waals surface area contributed by atoms with Gasteiger partial charge in [-0.1, -0.05) is 6.07 Å². The monoisotopic (exact) mass is 283 g/mol. The molecule has 19 heavy (non-hydrogen) atoms. The van der Waals surface area contributed by atoms with Crippen molar-refractivity contribution >= 4 is 18.4 Å². The Hall–Kier alpha value is -1.06. The molecule has 0 fully saturated rings. The Morgan fingerprint density at radius 1 is 1.37 bits per heavy atom. The summed E-state index contributed by atoms with van der Waals surface area (Å²) in [6, 6.07) is 3.93. The van der Waals surface area contributed by atoms with Crippen LogP contribution in [-0.2, 0) is 11.2 Å². The Morgan fingerprint density at radius 2 is 2.00 bits per heavy atom. The second-order valence-corrected chi connectivity index (χ2v) is 5.95. The van der Waals surface area contributed by atoms with Crippen LogP contribution in [0.2, 0.25) is 0 Å². The number of benzene rings is 1. The van der Waals surface area contributed by atoms with E-state index in [0.29, 0.717) is 5.56 Å². The molecule has 0 saturated heterocycles. The number of rotatable bonds is 1. The first-order valence-electron chi connectivity index (χ1n) is 6.41. The molecule has 4 heteroatoms. The van der Waals surface area contributed by atoms with E-state index in [-0.39, 0.29) is 24.4 Å². The fourth-order valence-corrected chi connectivity index (χ4v) is 2.47. The maximum atomic E-state index is 12.1. The average Bonchev–Trinajstić information content (AvgIpc) is 2.59. The zero-order valence-electron chi connectivity index (χ0n) is 11.9. The van der Waals surface area contributed by atoms with E-state index in [1.54, 1.807) is 0 Å². The van der Waals surface area contributed by atoms with Crippen LogP contribution in [0.3, 0.4) is 0 Å². The number of fused-ring (bicyclic) bond motifs is 1. The average molecular weight is 284 g/mol. The zero-order chi connectivity index (χ0) is 13.5. The largest absolute Gasteiger partial charge is 0.456 e. The van der Waals surface area contributed by atoms with E-state index in [1.807, 2.05) is 39.8 Å². The molecule has 2 rings (SSSR count). The third-order valence-corrected chi connectivity index (χ3v) is 3.36. The van der Waals surface area contributed by atoms with Gasteiger partial charge in [0.05, 0.1) is 5.56 Å². The van der Waals surface area contributed by atoms with Crippen LogP contribution >= 0.6 is 12.4 Å². The lowest BCUT2D eigenvalue weighted by Gasteiger charge is -2.21. The van der Waals surface area contributed by atoms with Crippen LogP contribution in [-0.4, -0.2) is 11.6 Å². The van der Waals surface area contributed by atoms with Gasteiger partial charge in [-0.2, -0.15) is 0 Å². The maximum Gasteiger partial charge on any atom is 0.338 e. The Morgan fingerprint density at radius 3 is 2.58 bits per heavy atom. The molecule has 3 nitrogen and oxygen atoms in total. The van der Waals surface area contributed by atoms with Gasteiger partial charge in [-0.3, -0.25) is 0 Å². The van der Waals surface area contributed by atoms with Gasteiger partial charge < -0.3 is 10.5 Å². The van der Waals surface area contributed by atoms with Crippen molar-refractivity contribution in [3.63, 3.8) is 0 Å². The molecule has 106 valence electrons. The lowest BCUT2D eigenvalue weighted by Crippen LogP contribution is -2.24. The third kappa shape index (κ3) is 3.28. The number of carbonyl (C=O) groups excluding carboxylic acids is 1. The molecule has 0 heterocycles. The topological polar surface area (TPSA) is 52.3 Å². The number of hydrogen-bond acceptors (Lipinski definition) is 3.